The van der Waals surface area contributed by atoms with E-state index in [0.29, 0.717) is 36.8 Å². The van der Waals surface area contributed by atoms with Crippen LogP contribution < -0.4 is 15.8 Å². The molecule has 22 heavy (non-hydrogen) atoms. The van der Waals surface area contributed by atoms with Crippen LogP contribution in [0.1, 0.15) is 6.42 Å². The fourth-order valence-corrected chi connectivity index (χ4v) is 2.37. The third-order valence-electron chi connectivity index (χ3n) is 3.67. The summed E-state index contributed by atoms with van der Waals surface area (Å²) in [5.74, 6) is -0.0206. The second-order valence-electron chi connectivity index (χ2n) is 5.18. The van der Waals surface area contributed by atoms with Crippen LogP contribution in [0.4, 0.5) is 11.4 Å². The van der Waals surface area contributed by atoms with Crippen LogP contribution in [-0.2, 0) is 14.3 Å². The number of carbonyl (C=O) groups is 2. The zero-order chi connectivity index (χ0) is 16.1. The molecule has 1 aromatic rings. The van der Waals surface area contributed by atoms with E-state index < -0.39 is 0 Å². The number of ether oxygens (including phenoxy) is 2. The van der Waals surface area contributed by atoms with Crippen LogP contribution in [0.5, 0.6) is 5.75 Å². The zero-order valence-corrected chi connectivity index (χ0v) is 12.8. The summed E-state index contributed by atoms with van der Waals surface area (Å²) in [6.07, 6.45) is 0.208. The summed E-state index contributed by atoms with van der Waals surface area (Å²) in [5.41, 5.74) is 6.79. The highest BCUT2D eigenvalue weighted by molar-refractivity contribution is 5.99. The first-order valence-corrected chi connectivity index (χ1v) is 7.06. The maximum atomic E-state index is 12.3. The average Bonchev–Trinajstić information content (AvgIpc) is 2.88. The summed E-state index contributed by atoms with van der Waals surface area (Å²) < 4.78 is 10.1. The summed E-state index contributed by atoms with van der Waals surface area (Å²) in [7, 11) is 3.12. The fraction of sp³-hybridized carbons (Fsp3) is 0.467. The average molecular weight is 307 g/mol. The monoisotopic (exact) mass is 307 g/mol. The molecule has 1 atom stereocenters. The van der Waals surface area contributed by atoms with Crippen molar-refractivity contribution in [3.63, 3.8) is 0 Å². The molecule has 1 aliphatic rings. The Bertz CT molecular complexity index is 562. The number of nitrogens with zero attached hydrogens (tertiary/aromatic N) is 1. The van der Waals surface area contributed by atoms with E-state index in [1.54, 1.807) is 37.3 Å². The van der Waals surface area contributed by atoms with E-state index >= 15 is 0 Å². The molecule has 0 aliphatic carbocycles. The van der Waals surface area contributed by atoms with Crippen molar-refractivity contribution in [3.05, 3.63) is 18.2 Å². The van der Waals surface area contributed by atoms with Crippen LogP contribution in [0.25, 0.3) is 0 Å². The molecule has 3 N–H and O–H groups in total. The van der Waals surface area contributed by atoms with Gasteiger partial charge in [-0.25, -0.2) is 0 Å². The highest BCUT2D eigenvalue weighted by Crippen LogP contribution is 2.26. The van der Waals surface area contributed by atoms with E-state index in [1.807, 2.05) is 0 Å². The molecule has 1 saturated heterocycles. The van der Waals surface area contributed by atoms with Crippen LogP contribution in [-0.4, -0.2) is 50.6 Å². The minimum absolute atomic E-state index is 0.0317. The maximum absolute atomic E-state index is 12.3. The molecule has 0 bridgehead atoms. The number of amides is 2. The molecule has 120 valence electrons. The Labute approximate surface area is 129 Å². The summed E-state index contributed by atoms with van der Waals surface area (Å²) >= 11 is 0. The molecule has 0 radical (unpaired) electrons. The van der Waals surface area contributed by atoms with Gasteiger partial charge in [-0.1, -0.05) is 0 Å². The Morgan fingerprint density at radius 3 is 2.91 bits per heavy atom. The molecule has 1 aliphatic heterocycles. The smallest absolute Gasteiger partial charge is 0.229 e. The number of nitrogen functional groups attached to an aromatic ring is 1. The molecule has 7 nitrogen and oxygen atoms in total. The third-order valence-corrected chi connectivity index (χ3v) is 3.67. The van der Waals surface area contributed by atoms with Gasteiger partial charge < -0.3 is 25.4 Å². The minimum Gasteiger partial charge on any atom is -0.497 e. The summed E-state index contributed by atoms with van der Waals surface area (Å²) in [6, 6.07) is 5.04. The molecule has 1 heterocycles. The van der Waals surface area contributed by atoms with Crippen molar-refractivity contribution in [2.75, 3.05) is 45.0 Å². The highest BCUT2D eigenvalue weighted by atomic mass is 16.5. The van der Waals surface area contributed by atoms with Crippen LogP contribution in [0.2, 0.25) is 0 Å². The van der Waals surface area contributed by atoms with Crippen molar-refractivity contribution in [2.45, 2.75) is 6.42 Å². The molecule has 1 fully saturated rings. The van der Waals surface area contributed by atoms with Crippen LogP contribution in [0.15, 0.2) is 18.2 Å². The van der Waals surface area contributed by atoms with Crippen LogP contribution in [0, 0.1) is 5.92 Å². The molecule has 1 unspecified atom stereocenters. The van der Waals surface area contributed by atoms with Gasteiger partial charge >= 0.3 is 0 Å². The van der Waals surface area contributed by atoms with E-state index in [-0.39, 0.29) is 24.2 Å². The van der Waals surface area contributed by atoms with Gasteiger partial charge in [0.25, 0.3) is 0 Å². The number of carbonyl (C=O) groups excluding carboxylic acids is 2. The quantitative estimate of drug-likeness (QED) is 0.755. The van der Waals surface area contributed by atoms with E-state index in [0.717, 1.165) is 0 Å². The van der Waals surface area contributed by atoms with Crippen LogP contribution >= 0.6 is 0 Å². The van der Waals surface area contributed by atoms with E-state index in [4.69, 9.17) is 15.2 Å². The number of likely N-dealkylation sites (tertiary alicyclic amines) is 1. The molecular weight excluding hydrogens is 286 g/mol. The van der Waals surface area contributed by atoms with Crippen molar-refractivity contribution in [1.82, 2.24) is 4.90 Å². The number of nitrogens with one attached hydrogen (secondary N) is 1. The normalized spacial score (nSPS) is 17.6. The van der Waals surface area contributed by atoms with Crippen LogP contribution in [0.3, 0.4) is 0 Å². The number of rotatable bonds is 6. The molecule has 2 rings (SSSR count). The van der Waals surface area contributed by atoms with E-state index in [9.17, 15) is 9.59 Å². The van der Waals surface area contributed by atoms with Gasteiger partial charge in [0.2, 0.25) is 11.8 Å². The summed E-state index contributed by atoms with van der Waals surface area (Å²) in [4.78, 5) is 25.8. The van der Waals surface area contributed by atoms with Crippen molar-refractivity contribution in [2.24, 2.45) is 5.92 Å². The number of methoxy groups -OCH3 is 2. The second-order valence-corrected chi connectivity index (χ2v) is 5.18. The van der Waals surface area contributed by atoms with Gasteiger partial charge in [-0.3, -0.25) is 9.59 Å². The lowest BCUT2D eigenvalue weighted by Gasteiger charge is -2.16. The lowest BCUT2D eigenvalue weighted by atomic mass is 10.1. The number of anilines is 2. The Morgan fingerprint density at radius 2 is 2.23 bits per heavy atom. The van der Waals surface area contributed by atoms with Gasteiger partial charge in [0.1, 0.15) is 5.75 Å². The number of hydrogen-bond donors (Lipinski definition) is 2. The first-order chi connectivity index (χ1) is 10.5. The molecular formula is C15H21N3O4. The van der Waals surface area contributed by atoms with Gasteiger partial charge in [0.15, 0.2) is 0 Å². The summed E-state index contributed by atoms with van der Waals surface area (Å²) in [5, 5.41) is 2.77. The Balaban J connectivity index is 2.00. The second kappa shape index (κ2) is 7.13. The first kappa shape index (κ1) is 16.1. The number of nitrogens with two attached hydrogens (primary N) is 1. The molecule has 7 heteroatoms. The third kappa shape index (κ3) is 3.67. The molecule has 0 aromatic heterocycles. The van der Waals surface area contributed by atoms with Gasteiger partial charge in [-0.05, 0) is 12.1 Å². The van der Waals surface area contributed by atoms with Crippen molar-refractivity contribution in [1.29, 1.82) is 0 Å². The topological polar surface area (TPSA) is 93.9 Å². The van der Waals surface area contributed by atoms with Gasteiger partial charge in [-0.15, -0.1) is 0 Å². The van der Waals surface area contributed by atoms with Gasteiger partial charge in [0.05, 0.1) is 31.0 Å². The van der Waals surface area contributed by atoms with Crippen molar-refractivity contribution < 1.29 is 19.1 Å². The van der Waals surface area contributed by atoms with E-state index in [1.165, 1.54) is 0 Å². The predicted octanol–water partition coefficient (Wildman–Crippen LogP) is 0.711. The molecule has 0 spiro atoms. The Kier molecular flexibility index (Phi) is 5.21. The highest BCUT2D eigenvalue weighted by Gasteiger charge is 2.34. The SMILES string of the molecule is COCCN1CC(C(=O)Nc2cc(OC)ccc2N)CC1=O. The lowest BCUT2D eigenvalue weighted by Crippen LogP contribution is -2.30. The molecule has 1 aromatic carbocycles. The van der Waals surface area contributed by atoms with Gasteiger partial charge in [-0.2, -0.15) is 0 Å². The first-order valence-electron chi connectivity index (χ1n) is 7.06. The predicted molar refractivity (Wildman–Crippen MR) is 82.6 cm³/mol. The molecule has 0 saturated carbocycles. The number of hydrogen-bond acceptors (Lipinski definition) is 5. The largest absolute Gasteiger partial charge is 0.497 e. The fourth-order valence-electron chi connectivity index (χ4n) is 2.37. The van der Waals surface area contributed by atoms with Gasteiger partial charge in [0, 0.05) is 32.7 Å². The summed E-state index contributed by atoms with van der Waals surface area (Å²) in [6.45, 7) is 1.36. The molecule has 2 amide bonds. The van der Waals surface area contributed by atoms with Crippen molar-refractivity contribution in [3.8, 4) is 5.75 Å². The van der Waals surface area contributed by atoms with E-state index in [2.05, 4.69) is 5.32 Å². The lowest BCUT2D eigenvalue weighted by molar-refractivity contribution is -0.128. The minimum atomic E-state index is -0.380. The Morgan fingerprint density at radius 1 is 1.45 bits per heavy atom. The Hall–Kier alpha value is -2.28. The van der Waals surface area contributed by atoms with Crippen molar-refractivity contribution >= 4 is 23.2 Å². The zero-order valence-electron chi connectivity index (χ0n) is 12.8. The maximum Gasteiger partial charge on any atom is 0.229 e. The number of benzene rings is 1. The standard InChI is InChI=1S/C15H21N3O4/c1-21-6-5-18-9-10(7-14(18)19)15(20)17-13-8-11(22-2)3-4-12(13)16/h3-4,8,10H,5-7,9,16H2,1-2H3,(H,17,20).